The number of hydrogen-bond donors (Lipinski definition) is 0. The zero-order valence-corrected chi connectivity index (χ0v) is 9.10. The molecule has 1 aromatic carbocycles. The minimum absolute atomic E-state index is 0.331. The smallest absolute Gasteiger partial charge is 0.0490 e. The molecule has 2 atom stereocenters. The molecule has 0 aromatic heterocycles. The first-order chi connectivity index (χ1) is 6.43. The third kappa shape index (κ3) is 3.31. The molecule has 0 heterocycles. The van der Waals surface area contributed by atoms with E-state index in [2.05, 4.69) is 0 Å². The predicted molar refractivity (Wildman–Crippen MR) is 58.0 cm³/mol. The highest BCUT2D eigenvalue weighted by atomic mass is 32.2. The van der Waals surface area contributed by atoms with Crippen LogP contribution in [0.4, 0.5) is 0 Å². The highest BCUT2D eigenvalue weighted by Gasteiger charge is 2.18. The monoisotopic (exact) mass is 197 g/mol. The van der Waals surface area contributed by atoms with Gasteiger partial charge in [-0.05, 0) is 26.3 Å². The van der Waals surface area contributed by atoms with Gasteiger partial charge in [0.15, 0.2) is 0 Å². The number of rotatable bonds is 2. The lowest BCUT2D eigenvalue weighted by atomic mass is 10.2. The van der Waals surface area contributed by atoms with Crippen molar-refractivity contribution in [2.75, 3.05) is 0 Å². The zero-order valence-electron chi connectivity index (χ0n) is 9.28. The van der Waals surface area contributed by atoms with Crippen LogP contribution in [0, 0.1) is 0 Å². The highest BCUT2D eigenvalue weighted by Crippen LogP contribution is 2.15. The molecule has 1 nitrogen and oxygen atoms in total. The van der Waals surface area contributed by atoms with E-state index in [9.17, 15) is 4.21 Å². The summed E-state index contributed by atoms with van der Waals surface area (Å²) in [6.45, 7) is 5.69. The molecule has 72 valence electrons. The molecular weight excluding hydrogens is 180 g/mol. The Morgan fingerprint density at radius 2 is 1.85 bits per heavy atom. The van der Waals surface area contributed by atoms with Crippen molar-refractivity contribution in [3.63, 3.8) is 0 Å². The summed E-state index contributed by atoms with van der Waals surface area (Å²) < 4.78 is 19.4. The summed E-state index contributed by atoms with van der Waals surface area (Å²) in [4.78, 5) is 0. The first kappa shape index (κ1) is 8.95. The second-order valence-electron chi connectivity index (χ2n) is 3.94. The molecule has 0 amide bonds. The molecule has 0 saturated carbocycles. The lowest BCUT2D eigenvalue weighted by Crippen LogP contribution is -2.22. The fourth-order valence-corrected chi connectivity index (χ4v) is 1.59. The van der Waals surface area contributed by atoms with Crippen molar-refractivity contribution in [2.45, 2.75) is 31.2 Å². The van der Waals surface area contributed by atoms with Crippen molar-refractivity contribution in [3.8, 4) is 0 Å². The Bertz CT molecular complexity index is 316. The van der Waals surface area contributed by atoms with E-state index in [1.54, 1.807) is 0 Å². The van der Waals surface area contributed by atoms with E-state index in [4.69, 9.17) is 1.37 Å². The first-order valence-corrected chi connectivity index (χ1v) is 5.52. The van der Waals surface area contributed by atoms with E-state index in [0.29, 0.717) is 0 Å². The molecule has 1 unspecified atom stereocenters. The largest absolute Gasteiger partial charge is 0.259 e. The van der Waals surface area contributed by atoms with Crippen LogP contribution in [0.15, 0.2) is 30.3 Å². The van der Waals surface area contributed by atoms with Crippen LogP contribution < -0.4 is 0 Å². The van der Waals surface area contributed by atoms with E-state index in [1.807, 2.05) is 51.1 Å². The third-order valence-electron chi connectivity index (χ3n) is 1.65. The normalized spacial score (nSPS) is 17.6. The summed E-state index contributed by atoms with van der Waals surface area (Å²) in [6.07, 6.45) is 0. The summed E-state index contributed by atoms with van der Waals surface area (Å²) in [6, 6.07) is 9.34. The van der Waals surface area contributed by atoms with Crippen molar-refractivity contribution in [3.05, 3.63) is 35.9 Å². The fraction of sp³-hybridized carbons (Fsp3) is 0.455. The average molecular weight is 197 g/mol. The summed E-state index contributed by atoms with van der Waals surface area (Å²) in [5.74, 6) is 0. The van der Waals surface area contributed by atoms with Gasteiger partial charge in [-0.2, -0.15) is 0 Å². The highest BCUT2D eigenvalue weighted by molar-refractivity contribution is 7.85. The molecular formula is C11H16OS. The topological polar surface area (TPSA) is 17.1 Å². The lowest BCUT2D eigenvalue weighted by molar-refractivity contribution is 0.648. The van der Waals surface area contributed by atoms with Gasteiger partial charge in [-0.25, -0.2) is 0 Å². The summed E-state index contributed by atoms with van der Waals surface area (Å²) in [7, 11) is -1.17. The average Bonchev–Trinajstić information content (AvgIpc) is 2.15. The number of benzene rings is 1. The summed E-state index contributed by atoms with van der Waals surface area (Å²) >= 11 is 0. The van der Waals surface area contributed by atoms with Gasteiger partial charge in [0, 0.05) is 22.6 Å². The molecule has 0 aliphatic rings. The molecule has 0 aliphatic carbocycles. The van der Waals surface area contributed by atoms with E-state index in [0.717, 1.165) is 5.56 Å². The van der Waals surface area contributed by atoms with Crippen molar-refractivity contribution < 1.29 is 5.58 Å². The fourth-order valence-electron chi connectivity index (χ4n) is 0.832. The Hall–Kier alpha value is -0.630. The van der Waals surface area contributed by atoms with E-state index >= 15 is 0 Å². The maximum absolute atomic E-state index is 11.9. The minimum Gasteiger partial charge on any atom is -0.259 e. The molecule has 0 saturated heterocycles. The Kier molecular flexibility index (Phi) is 2.79. The predicted octanol–water partition coefficient (Wildman–Crippen LogP) is 2.73. The zero-order chi connectivity index (χ0) is 10.8. The summed E-state index contributed by atoms with van der Waals surface area (Å²) in [5, 5.41) is 0. The quantitative estimate of drug-likeness (QED) is 0.712. The van der Waals surface area contributed by atoms with Crippen LogP contribution >= 0.6 is 0 Å². The van der Waals surface area contributed by atoms with E-state index < -0.39 is 16.5 Å². The van der Waals surface area contributed by atoms with Crippen molar-refractivity contribution in [2.24, 2.45) is 0 Å². The molecule has 0 bridgehead atoms. The van der Waals surface area contributed by atoms with Gasteiger partial charge in [-0.1, -0.05) is 30.3 Å². The molecule has 0 fully saturated rings. The Balaban J connectivity index is 2.87. The molecule has 13 heavy (non-hydrogen) atoms. The Morgan fingerprint density at radius 1 is 1.31 bits per heavy atom. The van der Waals surface area contributed by atoms with Crippen LogP contribution in [-0.2, 0) is 16.5 Å². The van der Waals surface area contributed by atoms with E-state index in [1.165, 1.54) is 0 Å². The Labute approximate surface area is 84.0 Å². The molecule has 0 spiro atoms. The molecule has 1 aromatic rings. The number of hydrogen-bond acceptors (Lipinski definition) is 1. The van der Waals surface area contributed by atoms with Gasteiger partial charge in [0.05, 0.1) is 0 Å². The van der Waals surface area contributed by atoms with Gasteiger partial charge >= 0.3 is 0 Å². The lowest BCUT2D eigenvalue weighted by Gasteiger charge is -2.17. The second kappa shape index (κ2) is 4.05. The van der Waals surface area contributed by atoms with Crippen LogP contribution in [0.25, 0.3) is 0 Å². The summed E-state index contributed by atoms with van der Waals surface area (Å²) in [5.41, 5.74) is 0.178. The molecule has 0 radical (unpaired) electrons. The van der Waals surface area contributed by atoms with Crippen LogP contribution in [0.1, 0.15) is 27.7 Å². The van der Waals surface area contributed by atoms with Gasteiger partial charge in [0.25, 0.3) is 0 Å². The first-order valence-electron chi connectivity index (χ1n) is 4.88. The molecule has 2 heteroatoms. The van der Waals surface area contributed by atoms with Crippen LogP contribution in [-0.4, -0.2) is 8.96 Å². The minimum atomic E-state index is -1.17. The van der Waals surface area contributed by atoms with Gasteiger partial charge in [0.1, 0.15) is 0 Å². The van der Waals surface area contributed by atoms with Crippen molar-refractivity contribution in [1.82, 2.24) is 0 Å². The molecule has 0 N–H and O–H groups in total. The maximum atomic E-state index is 11.9. The van der Waals surface area contributed by atoms with Crippen LogP contribution in [0.5, 0.6) is 0 Å². The van der Waals surface area contributed by atoms with Gasteiger partial charge in [-0.3, -0.25) is 4.21 Å². The Morgan fingerprint density at radius 3 is 2.31 bits per heavy atom. The molecule has 0 aliphatic heterocycles. The van der Waals surface area contributed by atoms with E-state index in [-0.39, 0.29) is 4.75 Å². The standard InChI is InChI=1S/C11H16OS/c1-11(2,3)13(12)9-10-7-5-4-6-8-10/h4-8H,9H2,1-3H3/i9D/t9-,13?/m0/s1. The van der Waals surface area contributed by atoms with Crippen molar-refractivity contribution in [1.29, 1.82) is 0 Å². The third-order valence-corrected chi connectivity index (χ3v) is 3.34. The van der Waals surface area contributed by atoms with Crippen LogP contribution in [0.2, 0.25) is 0 Å². The maximum Gasteiger partial charge on any atom is 0.0490 e. The van der Waals surface area contributed by atoms with Gasteiger partial charge < -0.3 is 0 Å². The molecule has 1 rings (SSSR count). The van der Waals surface area contributed by atoms with Gasteiger partial charge in [0.2, 0.25) is 0 Å². The SMILES string of the molecule is [2H][C@@H](c1ccccc1)S(=O)C(C)(C)C. The van der Waals surface area contributed by atoms with Crippen molar-refractivity contribution >= 4 is 10.8 Å². The van der Waals surface area contributed by atoms with Crippen LogP contribution in [0.3, 0.4) is 0 Å². The second-order valence-corrected chi connectivity index (χ2v) is 5.99. The van der Waals surface area contributed by atoms with Gasteiger partial charge in [-0.15, -0.1) is 0 Å².